The molecule has 0 atom stereocenters. The zero-order chi connectivity index (χ0) is 7.86. The summed E-state index contributed by atoms with van der Waals surface area (Å²) in [5.74, 6) is 0. The molecule has 0 aliphatic heterocycles. The Kier molecular flexibility index (Phi) is 9.63. The summed E-state index contributed by atoms with van der Waals surface area (Å²) in [6.45, 7) is 8.21. The van der Waals surface area contributed by atoms with Crippen LogP contribution in [0.3, 0.4) is 0 Å². The minimum absolute atomic E-state index is 0.532. The zero-order valence-electron chi connectivity index (χ0n) is 7.47. The molecule has 2 nitrogen and oxygen atoms in total. The van der Waals surface area contributed by atoms with E-state index in [4.69, 9.17) is 0 Å². The molecule has 0 N–H and O–H groups in total. The van der Waals surface area contributed by atoms with Crippen LogP contribution >= 0.6 is 0 Å². The maximum absolute atomic E-state index is 3.92. The summed E-state index contributed by atoms with van der Waals surface area (Å²) in [7, 11) is 3.75. The Morgan fingerprint density at radius 3 is 1.56 bits per heavy atom. The fourth-order valence-corrected chi connectivity index (χ4v) is 0.231. The predicted octanol–water partition coefficient (Wildman–Crippen LogP) is 2.15. The van der Waals surface area contributed by atoms with Crippen molar-refractivity contribution >= 4 is 0 Å². The molecule has 0 unspecified atom stereocenters. The van der Waals surface area contributed by atoms with Crippen molar-refractivity contribution in [2.75, 3.05) is 14.1 Å². The molecule has 0 heterocycles. The van der Waals surface area contributed by atoms with E-state index < -0.39 is 0 Å². The average Bonchev–Trinajstić information content (AvgIpc) is 1.91. The van der Waals surface area contributed by atoms with Gasteiger partial charge < -0.3 is 0 Å². The number of azo groups is 2. The van der Waals surface area contributed by atoms with Crippen molar-refractivity contribution in [3.8, 4) is 0 Å². The molecule has 0 radical (unpaired) electrons. The Hall–Kier alpha value is -0.400. The third kappa shape index (κ3) is 7.60. The van der Waals surface area contributed by atoms with Gasteiger partial charge in [0.1, 0.15) is 0 Å². The van der Waals surface area contributed by atoms with Gasteiger partial charge in [0.2, 0.25) is 0 Å². The van der Waals surface area contributed by atoms with E-state index in [0.29, 0.717) is 6.04 Å². The standard InChI is InChI=1S/C5H13N2.C2H6/c1-5(2)7(4)6-3;1-2/h5H,1-4H3;1-2H3/q+1;. The van der Waals surface area contributed by atoms with Crippen molar-refractivity contribution in [1.29, 1.82) is 0 Å². The molecule has 2 heteroatoms. The predicted molar refractivity (Wildman–Crippen MR) is 41.0 cm³/mol. The van der Waals surface area contributed by atoms with Crippen LogP contribution in [0, 0.1) is 0 Å². The largest absolute Gasteiger partial charge is 0.172 e. The summed E-state index contributed by atoms with van der Waals surface area (Å²) in [6, 6.07) is 0.532. The molecule has 0 aliphatic carbocycles. The van der Waals surface area contributed by atoms with Gasteiger partial charge in [-0.15, -0.1) is 4.70 Å². The van der Waals surface area contributed by atoms with E-state index >= 15 is 0 Å². The Bertz CT molecular complexity index is 75.0. The molecular weight excluding hydrogens is 112 g/mol. The molecule has 0 rings (SSSR count). The first-order valence-corrected chi connectivity index (χ1v) is 3.51. The number of hydrogen-bond donors (Lipinski definition) is 0. The van der Waals surface area contributed by atoms with Crippen LogP contribution in [0.4, 0.5) is 0 Å². The Labute approximate surface area is 58.6 Å². The van der Waals surface area contributed by atoms with Crippen molar-refractivity contribution in [1.82, 2.24) is 0 Å². The lowest BCUT2D eigenvalue weighted by Crippen LogP contribution is -2.12. The first-order valence-electron chi connectivity index (χ1n) is 3.51. The zero-order valence-corrected chi connectivity index (χ0v) is 7.47. The third-order valence-electron chi connectivity index (χ3n) is 1.06. The van der Waals surface area contributed by atoms with Crippen LogP contribution < -0.4 is 0 Å². The van der Waals surface area contributed by atoms with Gasteiger partial charge in [-0.1, -0.05) is 13.8 Å². The van der Waals surface area contributed by atoms with Crippen LogP contribution in [0.25, 0.3) is 0 Å². The molecular formula is C7H19N2+. The highest BCUT2D eigenvalue weighted by Crippen LogP contribution is 1.82. The van der Waals surface area contributed by atoms with Crippen molar-refractivity contribution in [3.63, 3.8) is 0 Å². The van der Waals surface area contributed by atoms with Crippen molar-refractivity contribution in [2.45, 2.75) is 33.7 Å². The van der Waals surface area contributed by atoms with E-state index in [1.807, 2.05) is 25.6 Å². The van der Waals surface area contributed by atoms with Gasteiger partial charge in [0.05, 0.1) is 7.05 Å². The van der Waals surface area contributed by atoms with Crippen LogP contribution in [-0.4, -0.2) is 24.8 Å². The van der Waals surface area contributed by atoms with Crippen molar-refractivity contribution in [2.24, 2.45) is 5.11 Å². The van der Waals surface area contributed by atoms with Crippen LogP contribution in [0.1, 0.15) is 27.7 Å². The van der Waals surface area contributed by atoms with Crippen molar-refractivity contribution < 1.29 is 4.70 Å². The second-order valence-electron chi connectivity index (χ2n) is 1.87. The second kappa shape index (κ2) is 7.60. The van der Waals surface area contributed by atoms with Gasteiger partial charge in [0.15, 0.2) is 13.1 Å². The normalized spacial score (nSPS) is 10.8. The molecule has 0 saturated heterocycles. The minimum atomic E-state index is 0.532. The molecule has 0 aromatic heterocycles. The van der Waals surface area contributed by atoms with Gasteiger partial charge in [-0.25, -0.2) is 0 Å². The molecule has 0 aromatic rings. The summed E-state index contributed by atoms with van der Waals surface area (Å²) < 4.78 is 1.92. The molecule has 0 aliphatic rings. The van der Waals surface area contributed by atoms with Crippen LogP contribution in [0.15, 0.2) is 5.11 Å². The number of hydrogen-bond acceptors (Lipinski definition) is 1. The van der Waals surface area contributed by atoms with E-state index in [-0.39, 0.29) is 0 Å². The lowest BCUT2D eigenvalue weighted by Gasteiger charge is -1.92. The maximum Gasteiger partial charge on any atom is 0.172 e. The highest BCUT2D eigenvalue weighted by atomic mass is 15.2. The van der Waals surface area contributed by atoms with Crippen molar-refractivity contribution in [3.05, 3.63) is 0 Å². The van der Waals surface area contributed by atoms with E-state index in [1.54, 1.807) is 7.05 Å². The first kappa shape index (κ1) is 11.4. The van der Waals surface area contributed by atoms with Crippen LogP contribution in [0.2, 0.25) is 0 Å². The fraction of sp³-hybridized carbons (Fsp3) is 1.00. The van der Waals surface area contributed by atoms with Gasteiger partial charge in [0.25, 0.3) is 0 Å². The summed E-state index contributed by atoms with van der Waals surface area (Å²) >= 11 is 0. The lowest BCUT2D eigenvalue weighted by atomic mass is 10.4. The molecule has 0 aromatic carbocycles. The second-order valence-corrected chi connectivity index (χ2v) is 1.87. The Balaban J connectivity index is 0. The topological polar surface area (TPSA) is 15.4 Å². The van der Waals surface area contributed by atoms with Crippen LogP contribution in [0.5, 0.6) is 0 Å². The Morgan fingerprint density at radius 1 is 1.22 bits per heavy atom. The molecule has 0 spiro atoms. The highest BCUT2D eigenvalue weighted by molar-refractivity contribution is 4.24. The third-order valence-corrected chi connectivity index (χ3v) is 1.06. The summed E-state index contributed by atoms with van der Waals surface area (Å²) in [5, 5.41) is 3.92. The quantitative estimate of drug-likeness (QED) is 0.383. The molecule has 0 fully saturated rings. The smallest absolute Gasteiger partial charge is 0.128 e. The maximum atomic E-state index is 3.92. The summed E-state index contributed by atoms with van der Waals surface area (Å²) in [6.07, 6.45) is 0. The molecule has 0 amide bonds. The minimum Gasteiger partial charge on any atom is -0.128 e. The van der Waals surface area contributed by atoms with Gasteiger partial charge in [-0.2, -0.15) is 0 Å². The van der Waals surface area contributed by atoms with Crippen LogP contribution in [-0.2, 0) is 0 Å². The molecule has 0 bridgehead atoms. The average molecular weight is 131 g/mol. The van der Waals surface area contributed by atoms with E-state index in [9.17, 15) is 0 Å². The SMILES string of the molecule is CC.CN=[N+](C)C(C)C. The lowest BCUT2D eigenvalue weighted by molar-refractivity contribution is -0.594. The monoisotopic (exact) mass is 131 g/mol. The van der Waals surface area contributed by atoms with Gasteiger partial charge in [-0.3, -0.25) is 0 Å². The molecule has 9 heavy (non-hydrogen) atoms. The van der Waals surface area contributed by atoms with E-state index in [2.05, 4.69) is 19.0 Å². The molecule has 56 valence electrons. The van der Waals surface area contributed by atoms with Gasteiger partial charge in [0, 0.05) is 0 Å². The first-order chi connectivity index (χ1) is 4.18. The molecule has 0 saturated carbocycles. The van der Waals surface area contributed by atoms with E-state index in [0.717, 1.165) is 0 Å². The number of rotatable bonds is 1. The van der Waals surface area contributed by atoms with Gasteiger partial charge >= 0.3 is 0 Å². The summed E-state index contributed by atoms with van der Waals surface area (Å²) in [5.41, 5.74) is 0. The Morgan fingerprint density at radius 2 is 1.56 bits per heavy atom. The number of nitrogens with zero attached hydrogens (tertiary/aromatic N) is 2. The van der Waals surface area contributed by atoms with E-state index in [1.165, 1.54) is 0 Å². The summed E-state index contributed by atoms with van der Waals surface area (Å²) in [4.78, 5) is 0. The highest BCUT2D eigenvalue weighted by Gasteiger charge is 1.99. The fourth-order valence-electron chi connectivity index (χ4n) is 0.231. The van der Waals surface area contributed by atoms with Gasteiger partial charge in [-0.05, 0) is 19.0 Å².